The van der Waals surface area contributed by atoms with Gasteiger partial charge in [-0.05, 0) is 79.2 Å². The van der Waals surface area contributed by atoms with E-state index in [0.717, 1.165) is 12.1 Å². The van der Waals surface area contributed by atoms with Gasteiger partial charge in [0.05, 0.1) is 15.1 Å². The molecule has 1 aliphatic heterocycles. The molecule has 0 spiro atoms. The number of ether oxygens (including phenoxy) is 1. The molecule has 0 aliphatic carbocycles. The number of rotatable bonds is 7. The van der Waals surface area contributed by atoms with Crippen molar-refractivity contribution < 1.29 is 34.8 Å². The first-order chi connectivity index (χ1) is 17.4. The fourth-order valence-electron chi connectivity index (χ4n) is 3.04. The molecule has 0 radical (unpaired) electrons. The molecule has 1 aliphatic rings. The highest BCUT2D eigenvalue weighted by Gasteiger charge is 2.33. The van der Waals surface area contributed by atoms with E-state index in [0.29, 0.717) is 21.6 Å². The molecule has 2 aromatic rings. The summed E-state index contributed by atoms with van der Waals surface area (Å²) in [6, 6.07) is 9.78. The summed E-state index contributed by atoms with van der Waals surface area (Å²) in [5, 5.41) is 2.53. The van der Waals surface area contributed by atoms with Crippen molar-refractivity contribution in [1.29, 1.82) is 0 Å². The number of guanidine groups is 2. The van der Waals surface area contributed by atoms with Gasteiger partial charge in [-0.25, -0.2) is 4.99 Å². The Labute approximate surface area is 227 Å². The number of halogens is 2. The maximum atomic E-state index is 12.9. The summed E-state index contributed by atoms with van der Waals surface area (Å²) in [6.45, 7) is 4.72. The molecule has 1 amide bonds. The molecule has 0 saturated carbocycles. The molecule has 0 unspecified atom stereocenters. The summed E-state index contributed by atoms with van der Waals surface area (Å²) in [6.07, 6.45) is 0. The number of nitrogens with zero attached hydrogens (tertiary/aromatic N) is 3. The van der Waals surface area contributed by atoms with Crippen LogP contribution in [-0.4, -0.2) is 57.2 Å². The van der Waals surface area contributed by atoms with E-state index in [1.54, 1.807) is 23.1 Å². The second-order valence-electron chi connectivity index (χ2n) is 8.05. The zero-order valence-corrected chi connectivity index (χ0v) is 23.6. The van der Waals surface area contributed by atoms with Crippen molar-refractivity contribution in [2.75, 3.05) is 22.6 Å². The monoisotopic (exact) mass is 636 g/mol. The Hall–Kier alpha value is -3.28. The largest absolute Gasteiger partial charge is 0.483 e. The van der Waals surface area contributed by atoms with E-state index in [4.69, 9.17) is 20.8 Å². The third-order valence-electron chi connectivity index (χ3n) is 4.71. The summed E-state index contributed by atoms with van der Waals surface area (Å²) < 4.78 is 67.6. The number of benzene rings is 2. The summed E-state index contributed by atoms with van der Waals surface area (Å²) in [5.74, 6) is -0.0115. The predicted octanol–water partition coefficient (Wildman–Crippen LogP) is 2.20. The first-order valence-electron chi connectivity index (χ1n) is 10.6. The summed E-state index contributed by atoms with van der Waals surface area (Å²) in [5.41, 5.74) is 11.9. The van der Waals surface area contributed by atoms with Gasteiger partial charge in [0.15, 0.2) is 6.61 Å². The topological polar surface area (TPSA) is 207 Å². The Kier molecular flexibility index (Phi) is 9.82. The van der Waals surface area contributed by atoms with Crippen LogP contribution in [0.1, 0.15) is 20.8 Å². The van der Waals surface area contributed by atoms with Crippen LogP contribution in [0.4, 0.5) is 15.3 Å². The van der Waals surface area contributed by atoms with Crippen molar-refractivity contribution >= 4 is 65.5 Å². The fraction of sp³-hybridized carbons (Fsp3) is 0.286. The third-order valence-corrected chi connectivity index (χ3v) is 6.89. The van der Waals surface area contributed by atoms with Gasteiger partial charge in [0.25, 0.3) is 16.0 Å². The van der Waals surface area contributed by atoms with Gasteiger partial charge in [0, 0.05) is 11.4 Å². The maximum absolute atomic E-state index is 12.9. The Balaban J connectivity index is 0.000000757. The van der Waals surface area contributed by atoms with Crippen molar-refractivity contribution in [3.05, 3.63) is 46.9 Å². The van der Waals surface area contributed by atoms with Crippen molar-refractivity contribution in [2.45, 2.75) is 31.3 Å². The van der Waals surface area contributed by atoms with E-state index in [1.807, 2.05) is 13.8 Å². The minimum absolute atomic E-state index is 0.0924. The maximum Gasteiger partial charge on any atom is 0.332 e. The molecule has 0 atom stereocenters. The smallest absolute Gasteiger partial charge is 0.332 e. The summed E-state index contributed by atoms with van der Waals surface area (Å²) in [7, 11) is -8.46. The van der Waals surface area contributed by atoms with Gasteiger partial charge < -0.3 is 21.5 Å². The van der Waals surface area contributed by atoms with E-state index in [-0.39, 0.29) is 24.3 Å². The van der Waals surface area contributed by atoms with Crippen molar-refractivity contribution in [2.24, 2.45) is 21.5 Å². The predicted molar refractivity (Wildman–Crippen MR) is 145 cm³/mol. The lowest BCUT2D eigenvalue weighted by Crippen LogP contribution is -2.54. The molecule has 0 aromatic heterocycles. The number of nitrogens with two attached hydrogens (primary N) is 2. The van der Waals surface area contributed by atoms with Gasteiger partial charge >= 0.3 is 10.2 Å². The SMILES string of the molecule is CC1(C)N=C(N)N=C(N)N1c1ccc(OCC(=O)Nc2ccc(S(=O)(=O)F)cc2)c(Br)c1.CCS(=O)(=O)O. The highest BCUT2D eigenvalue weighted by Crippen LogP contribution is 2.34. The highest BCUT2D eigenvalue weighted by molar-refractivity contribution is 9.10. The second-order valence-corrected chi connectivity index (χ2v) is 12.0. The Morgan fingerprint density at radius 1 is 1.16 bits per heavy atom. The molecule has 13 nitrogen and oxygen atoms in total. The van der Waals surface area contributed by atoms with Crippen LogP contribution in [0.25, 0.3) is 0 Å². The number of anilines is 2. The van der Waals surface area contributed by atoms with Gasteiger partial charge in [0.2, 0.25) is 11.9 Å². The van der Waals surface area contributed by atoms with E-state index in [2.05, 4.69) is 31.2 Å². The molecular weight excluding hydrogens is 611 g/mol. The first kappa shape index (κ1) is 30.9. The van der Waals surface area contributed by atoms with Crippen LogP contribution in [-0.2, 0) is 25.1 Å². The molecule has 38 heavy (non-hydrogen) atoms. The van der Waals surface area contributed by atoms with Crippen LogP contribution in [0.15, 0.2) is 61.8 Å². The van der Waals surface area contributed by atoms with E-state index in [9.17, 15) is 25.5 Å². The molecule has 0 fully saturated rings. The zero-order valence-electron chi connectivity index (χ0n) is 20.4. The van der Waals surface area contributed by atoms with Crippen LogP contribution in [0.2, 0.25) is 0 Å². The lowest BCUT2D eigenvalue weighted by molar-refractivity contribution is -0.118. The van der Waals surface area contributed by atoms with Gasteiger partial charge in [-0.3, -0.25) is 14.2 Å². The van der Waals surface area contributed by atoms with Crippen LogP contribution < -0.4 is 26.4 Å². The highest BCUT2D eigenvalue weighted by atomic mass is 79.9. The molecule has 2 aromatic carbocycles. The minimum atomic E-state index is -4.80. The lowest BCUT2D eigenvalue weighted by atomic mass is 10.1. The van der Waals surface area contributed by atoms with Crippen molar-refractivity contribution in [3.63, 3.8) is 0 Å². The minimum Gasteiger partial charge on any atom is -0.483 e. The van der Waals surface area contributed by atoms with Gasteiger partial charge in [-0.15, -0.1) is 3.89 Å². The van der Waals surface area contributed by atoms with Crippen LogP contribution >= 0.6 is 15.9 Å². The van der Waals surface area contributed by atoms with Gasteiger partial charge in [-0.1, -0.05) is 0 Å². The Morgan fingerprint density at radius 2 is 1.74 bits per heavy atom. The fourth-order valence-corrected chi connectivity index (χ4v) is 3.98. The average Bonchev–Trinajstić information content (AvgIpc) is 2.77. The molecule has 17 heteroatoms. The Morgan fingerprint density at radius 3 is 2.21 bits per heavy atom. The normalized spacial score (nSPS) is 14.9. The van der Waals surface area contributed by atoms with Crippen molar-refractivity contribution in [3.8, 4) is 5.75 Å². The number of hydrogen-bond donors (Lipinski definition) is 4. The molecule has 0 saturated heterocycles. The second kappa shape index (κ2) is 12.1. The van der Waals surface area contributed by atoms with Crippen molar-refractivity contribution in [1.82, 2.24) is 0 Å². The quantitative estimate of drug-likeness (QED) is 0.257. The van der Waals surface area contributed by atoms with E-state index in [1.165, 1.54) is 19.1 Å². The van der Waals surface area contributed by atoms with Crippen LogP contribution in [0.3, 0.4) is 0 Å². The number of nitrogens with one attached hydrogen (secondary N) is 1. The lowest BCUT2D eigenvalue weighted by Gasteiger charge is -2.38. The summed E-state index contributed by atoms with van der Waals surface area (Å²) in [4.78, 5) is 21.6. The molecular formula is C21H26BrFN6O7S2. The number of carbonyl (C=O) groups is 1. The standard InChI is InChI=1S/C19H20BrFN6O4S.C2H6O3S/c1-19(2)26-17(22)25-18(23)27(19)12-5-8-15(14(20)9-12)31-10-16(28)24-11-3-6-13(7-4-11)32(21,29)30;1-2-6(3,4)5/h3-9H,10H2,1-2H3,(H,24,28)(H4,22,23,25,26);2H2,1H3,(H,3,4,5). The van der Waals surface area contributed by atoms with Gasteiger partial charge in [-0.2, -0.15) is 21.8 Å². The van der Waals surface area contributed by atoms with E-state index < -0.39 is 36.8 Å². The Bertz CT molecular complexity index is 1460. The third kappa shape index (κ3) is 8.93. The average molecular weight is 638 g/mol. The number of carbonyl (C=O) groups excluding carboxylic acids is 1. The first-order valence-corrected chi connectivity index (χ1v) is 14.4. The molecule has 3 rings (SSSR count). The number of hydrogen-bond acceptors (Lipinski definition) is 11. The number of aliphatic imine (C=N–C) groups is 2. The van der Waals surface area contributed by atoms with Gasteiger partial charge in [0.1, 0.15) is 11.4 Å². The molecule has 1 heterocycles. The zero-order chi connectivity index (χ0) is 28.9. The summed E-state index contributed by atoms with van der Waals surface area (Å²) >= 11 is 3.41. The molecule has 6 N–H and O–H groups in total. The molecule has 0 bridgehead atoms. The van der Waals surface area contributed by atoms with Crippen LogP contribution in [0, 0.1) is 0 Å². The number of amides is 1. The van der Waals surface area contributed by atoms with Crippen LogP contribution in [0.5, 0.6) is 5.75 Å². The molecule has 208 valence electrons. The van der Waals surface area contributed by atoms with E-state index >= 15 is 0 Å².